The summed E-state index contributed by atoms with van der Waals surface area (Å²) in [7, 11) is 1.62. The Morgan fingerprint density at radius 1 is 0.931 bits per heavy atom. The first-order chi connectivity index (χ1) is 14.1. The summed E-state index contributed by atoms with van der Waals surface area (Å²) in [6.07, 6.45) is 0. The van der Waals surface area contributed by atoms with Crippen molar-refractivity contribution in [3.63, 3.8) is 0 Å². The third-order valence-electron chi connectivity index (χ3n) is 4.91. The minimum atomic E-state index is -0.0742. The predicted molar refractivity (Wildman–Crippen MR) is 112 cm³/mol. The second-order valence-electron chi connectivity index (χ2n) is 6.83. The molecule has 0 bridgehead atoms. The molecule has 0 radical (unpaired) electrons. The quantitative estimate of drug-likeness (QED) is 0.575. The number of piperazine rings is 1. The molecule has 29 heavy (non-hydrogen) atoms. The van der Waals surface area contributed by atoms with Gasteiger partial charge in [0.25, 0.3) is 0 Å². The van der Waals surface area contributed by atoms with Crippen LogP contribution >= 0.6 is 0 Å². The van der Waals surface area contributed by atoms with Gasteiger partial charge in [0.05, 0.1) is 13.7 Å². The fraction of sp³-hybridized carbons (Fsp3) is 0.364. The number of ketones is 1. The Kier molecular flexibility index (Phi) is 6.94. The number of urea groups is 1. The van der Waals surface area contributed by atoms with Gasteiger partial charge in [0.2, 0.25) is 0 Å². The minimum Gasteiger partial charge on any atom is -0.497 e. The molecule has 7 heteroatoms. The molecule has 2 aromatic carbocycles. The van der Waals surface area contributed by atoms with Gasteiger partial charge < -0.3 is 24.6 Å². The van der Waals surface area contributed by atoms with Crippen LogP contribution in [0.25, 0.3) is 0 Å². The number of nitrogens with one attached hydrogen (secondary N) is 1. The Hall–Kier alpha value is -3.22. The molecule has 1 fully saturated rings. The average Bonchev–Trinajstić information content (AvgIpc) is 2.77. The number of methoxy groups -OCH3 is 1. The second kappa shape index (κ2) is 9.82. The van der Waals surface area contributed by atoms with Gasteiger partial charge in [-0.2, -0.15) is 0 Å². The lowest BCUT2D eigenvalue weighted by molar-refractivity contribution is 0.101. The van der Waals surface area contributed by atoms with E-state index in [1.165, 1.54) is 0 Å². The number of ether oxygens (including phenoxy) is 2. The molecule has 1 heterocycles. The molecule has 0 atom stereocenters. The van der Waals surface area contributed by atoms with Crippen molar-refractivity contribution in [2.75, 3.05) is 51.3 Å². The molecule has 1 aliphatic heterocycles. The van der Waals surface area contributed by atoms with Crippen molar-refractivity contribution in [2.24, 2.45) is 0 Å². The molecule has 1 saturated heterocycles. The first-order valence-corrected chi connectivity index (χ1v) is 9.72. The zero-order valence-electron chi connectivity index (χ0n) is 16.9. The van der Waals surface area contributed by atoms with Gasteiger partial charge in [-0.1, -0.05) is 0 Å². The van der Waals surface area contributed by atoms with Crippen LogP contribution in [0.2, 0.25) is 0 Å². The van der Waals surface area contributed by atoms with Crippen LogP contribution in [0.5, 0.6) is 11.5 Å². The van der Waals surface area contributed by atoms with Crippen molar-refractivity contribution in [3.8, 4) is 11.5 Å². The van der Waals surface area contributed by atoms with Crippen LogP contribution in [0, 0.1) is 0 Å². The fourth-order valence-corrected chi connectivity index (χ4v) is 3.19. The number of carbonyl (C=O) groups excluding carboxylic acids is 2. The molecule has 2 amide bonds. The monoisotopic (exact) mass is 397 g/mol. The number of nitrogens with zero attached hydrogens (tertiary/aromatic N) is 2. The van der Waals surface area contributed by atoms with Gasteiger partial charge in [-0.3, -0.25) is 4.79 Å². The molecule has 1 N–H and O–H groups in total. The maximum absolute atomic E-state index is 12.3. The maximum Gasteiger partial charge on any atom is 0.317 e. The zero-order chi connectivity index (χ0) is 20.6. The van der Waals surface area contributed by atoms with Crippen LogP contribution in [0.1, 0.15) is 17.3 Å². The van der Waals surface area contributed by atoms with E-state index in [-0.39, 0.29) is 11.8 Å². The van der Waals surface area contributed by atoms with E-state index < -0.39 is 0 Å². The molecule has 7 nitrogen and oxygen atoms in total. The van der Waals surface area contributed by atoms with Crippen molar-refractivity contribution >= 4 is 17.5 Å². The SMILES string of the molecule is COc1ccc(OCCNC(=O)N2CCN(c3ccc(C(C)=O)cc3)CC2)cc1. The predicted octanol–water partition coefficient (Wildman–Crippen LogP) is 2.81. The van der Waals surface area contributed by atoms with E-state index in [4.69, 9.17) is 9.47 Å². The Labute approximate surface area is 171 Å². The van der Waals surface area contributed by atoms with Gasteiger partial charge in [-0.15, -0.1) is 0 Å². The Morgan fingerprint density at radius 3 is 2.14 bits per heavy atom. The van der Waals surface area contributed by atoms with Crippen LogP contribution < -0.4 is 19.7 Å². The van der Waals surface area contributed by atoms with E-state index in [2.05, 4.69) is 10.2 Å². The van der Waals surface area contributed by atoms with Crippen molar-refractivity contribution < 1.29 is 19.1 Å². The van der Waals surface area contributed by atoms with Crippen LogP contribution in [0.4, 0.5) is 10.5 Å². The smallest absolute Gasteiger partial charge is 0.317 e. The van der Waals surface area contributed by atoms with Gasteiger partial charge in [0.15, 0.2) is 5.78 Å². The third kappa shape index (κ3) is 5.63. The molecule has 0 unspecified atom stereocenters. The van der Waals surface area contributed by atoms with E-state index in [1.807, 2.05) is 53.4 Å². The molecule has 154 valence electrons. The highest BCUT2D eigenvalue weighted by molar-refractivity contribution is 5.94. The second-order valence-corrected chi connectivity index (χ2v) is 6.83. The molecule has 0 saturated carbocycles. The summed E-state index contributed by atoms with van der Waals surface area (Å²) in [5.74, 6) is 1.58. The number of rotatable bonds is 7. The highest BCUT2D eigenvalue weighted by Gasteiger charge is 2.21. The summed E-state index contributed by atoms with van der Waals surface area (Å²) in [4.78, 5) is 27.8. The Morgan fingerprint density at radius 2 is 1.55 bits per heavy atom. The molecule has 3 rings (SSSR count). The van der Waals surface area contributed by atoms with Crippen LogP contribution in [-0.2, 0) is 0 Å². The van der Waals surface area contributed by atoms with Crippen molar-refractivity contribution in [2.45, 2.75) is 6.92 Å². The molecule has 0 spiro atoms. The molecular formula is C22H27N3O4. The van der Waals surface area contributed by atoms with Crippen molar-refractivity contribution in [1.82, 2.24) is 10.2 Å². The van der Waals surface area contributed by atoms with E-state index in [1.54, 1.807) is 14.0 Å². The van der Waals surface area contributed by atoms with Crippen molar-refractivity contribution in [1.29, 1.82) is 0 Å². The highest BCUT2D eigenvalue weighted by Crippen LogP contribution is 2.18. The standard InChI is InChI=1S/C22H27N3O4/c1-17(26)18-3-5-19(6-4-18)24-12-14-25(15-13-24)22(27)23-11-16-29-21-9-7-20(28-2)8-10-21/h3-10H,11-16H2,1-2H3,(H,23,27). The number of benzene rings is 2. The average molecular weight is 397 g/mol. The lowest BCUT2D eigenvalue weighted by Gasteiger charge is -2.36. The number of hydrogen-bond acceptors (Lipinski definition) is 5. The lowest BCUT2D eigenvalue weighted by atomic mass is 10.1. The van der Waals surface area contributed by atoms with Crippen LogP contribution in [0.15, 0.2) is 48.5 Å². The lowest BCUT2D eigenvalue weighted by Crippen LogP contribution is -2.52. The normalized spacial score (nSPS) is 13.7. The van der Waals surface area contributed by atoms with Crippen molar-refractivity contribution in [3.05, 3.63) is 54.1 Å². The summed E-state index contributed by atoms with van der Waals surface area (Å²) >= 11 is 0. The van der Waals surface area contributed by atoms with Gasteiger partial charge in [0.1, 0.15) is 18.1 Å². The summed E-state index contributed by atoms with van der Waals surface area (Å²) in [6.45, 7) is 5.23. The first kappa shape index (κ1) is 20.5. The van der Waals surface area contributed by atoms with E-state index in [9.17, 15) is 9.59 Å². The molecular weight excluding hydrogens is 370 g/mol. The number of amides is 2. The van der Waals surface area contributed by atoms with E-state index in [0.29, 0.717) is 31.8 Å². The summed E-state index contributed by atoms with van der Waals surface area (Å²) in [5.41, 5.74) is 1.78. The highest BCUT2D eigenvalue weighted by atomic mass is 16.5. The maximum atomic E-state index is 12.3. The minimum absolute atomic E-state index is 0.0639. The summed E-state index contributed by atoms with van der Waals surface area (Å²) < 4.78 is 10.7. The number of anilines is 1. The number of hydrogen-bond donors (Lipinski definition) is 1. The molecule has 1 aliphatic rings. The Balaban J connectivity index is 1.37. The van der Waals surface area contributed by atoms with Gasteiger partial charge >= 0.3 is 6.03 Å². The third-order valence-corrected chi connectivity index (χ3v) is 4.91. The van der Waals surface area contributed by atoms with Crippen LogP contribution in [0.3, 0.4) is 0 Å². The molecule has 2 aromatic rings. The van der Waals surface area contributed by atoms with Crippen LogP contribution in [-0.4, -0.2) is 63.2 Å². The molecule has 0 aromatic heterocycles. The summed E-state index contributed by atoms with van der Waals surface area (Å²) in [6, 6.07) is 14.9. The van der Waals surface area contributed by atoms with Gasteiger partial charge in [-0.05, 0) is 55.5 Å². The van der Waals surface area contributed by atoms with Gasteiger partial charge in [-0.25, -0.2) is 4.79 Å². The molecule has 0 aliphatic carbocycles. The van der Waals surface area contributed by atoms with E-state index >= 15 is 0 Å². The topological polar surface area (TPSA) is 71.1 Å². The number of Topliss-reactive ketones (excluding diaryl/α,β-unsaturated/α-hetero) is 1. The Bertz CT molecular complexity index is 813. The number of carbonyl (C=O) groups is 2. The first-order valence-electron chi connectivity index (χ1n) is 9.72. The van der Waals surface area contributed by atoms with E-state index in [0.717, 1.165) is 30.3 Å². The largest absolute Gasteiger partial charge is 0.497 e. The summed E-state index contributed by atoms with van der Waals surface area (Å²) in [5, 5.41) is 2.90. The van der Waals surface area contributed by atoms with Gasteiger partial charge in [0, 0.05) is 37.4 Å². The zero-order valence-corrected chi connectivity index (χ0v) is 16.9. The fourth-order valence-electron chi connectivity index (χ4n) is 3.19.